The Labute approximate surface area is 117 Å². The van der Waals surface area contributed by atoms with Gasteiger partial charge in [0, 0.05) is 15.5 Å². The van der Waals surface area contributed by atoms with Gasteiger partial charge in [-0.3, -0.25) is 0 Å². The fraction of sp³-hybridized carbons (Fsp3) is 0.429. The first-order valence-corrected chi connectivity index (χ1v) is 7.03. The largest absolute Gasteiger partial charge is 0.310 e. The predicted octanol–water partition coefficient (Wildman–Crippen LogP) is 5.11. The standard InChI is InChI=1S/C14H19BrClN/c1-4-5-17-14(6-10(2)3)11-7-12(15)9-13(16)8-11/h7-9,14,17H,2,4-6H2,1,3H3. The highest BCUT2D eigenvalue weighted by molar-refractivity contribution is 9.10. The summed E-state index contributed by atoms with van der Waals surface area (Å²) >= 11 is 9.57. The van der Waals surface area contributed by atoms with Crippen molar-refractivity contribution in [3.63, 3.8) is 0 Å². The van der Waals surface area contributed by atoms with Gasteiger partial charge in [-0.1, -0.05) is 40.0 Å². The molecule has 0 bridgehead atoms. The van der Waals surface area contributed by atoms with Crippen LogP contribution < -0.4 is 5.32 Å². The third-order valence-electron chi connectivity index (χ3n) is 2.48. The van der Waals surface area contributed by atoms with Gasteiger partial charge in [0.1, 0.15) is 0 Å². The van der Waals surface area contributed by atoms with E-state index in [1.165, 1.54) is 11.1 Å². The van der Waals surface area contributed by atoms with Crippen molar-refractivity contribution in [3.05, 3.63) is 45.4 Å². The molecule has 0 aromatic heterocycles. The van der Waals surface area contributed by atoms with E-state index in [9.17, 15) is 0 Å². The van der Waals surface area contributed by atoms with Gasteiger partial charge >= 0.3 is 0 Å². The van der Waals surface area contributed by atoms with Gasteiger partial charge in [0.25, 0.3) is 0 Å². The maximum absolute atomic E-state index is 6.08. The lowest BCUT2D eigenvalue weighted by molar-refractivity contribution is 0.528. The Balaban J connectivity index is 2.90. The molecule has 0 radical (unpaired) electrons. The zero-order chi connectivity index (χ0) is 12.8. The lowest BCUT2D eigenvalue weighted by Gasteiger charge is -2.19. The van der Waals surface area contributed by atoms with Crippen molar-refractivity contribution in [2.45, 2.75) is 32.7 Å². The van der Waals surface area contributed by atoms with E-state index in [1.54, 1.807) is 0 Å². The first kappa shape index (κ1) is 14.7. The Hall–Kier alpha value is -0.310. The fourth-order valence-corrected chi connectivity index (χ4v) is 2.64. The number of halogens is 2. The van der Waals surface area contributed by atoms with Gasteiger partial charge in [-0.25, -0.2) is 0 Å². The summed E-state index contributed by atoms with van der Waals surface area (Å²) in [5.41, 5.74) is 2.38. The van der Waals surface area contributed by atoms with E-state index in [2.05, 4.69) is 47.7 Å². The molecule has 0 saturated carbocycles. The van der Waals surface area contributed by atoms with Crippen molar-refractivity contribution < 1.29 is 0 Å². The summed E-state index contributed by atoms with van der Waals surface area (Å²) in [7, 11) is 0. The average Bonchev–Trinajstić information content (AvgIpc) is 2.22. The number of hydrogen-bond acceptors (Lipinski definition) is 1. The van der Waals surface area contributed by atoms with Gasteiger partial charge in [0.05, 0.1) is 0 Å². The van der Waals surface area contributed by atoms with Crippen molar-refractivity contribution in [1.82, 2.24) is 5.32 Å². The normalized spacial score (nSPS) is 12.5. The van der Waals surface area contributed by atoms with Gasteiger partial charge in [-0.2, -0.15) is 0 Å². The summed E-state index contributed by atoms with van der Waals surface area (Å²) in [5, 5.41) is 4.29. The molecule has 0 spiro atoms. The van der Waals surface area contributed by atoms with Gasteiger partial charge in [-0.05, 0) is 50.1 Å². The Bertz CT molecular complexity index is 370. The zero-order valence-corrected chi connectivity index (χ0v) is 12.7. The van der Waals surface area contributed by atoms with Gasteiger partial charge in [0.15, 0.2) is 0 Å². The molecular weight excluding hydrogens is 298 g/mol. The number of benzene rings is 1. The molecule has 1 unspecified atom stereocenters. The highest BCUT2D eigenvalue weighted by Gasteiger charge is 2.12. The molecule has 17 heavy (non-hydrogen) atoms. The van der Waals surface area contributed by atoms with Crippen LogP contribution >= 0.6 is 27.5 Å². The Morgan fingerprint density at radius 3 is 2.71 bits per heavy atom. The maximum Gasteiger partial charge on any atom is 0.0420 e. The molecule has 3 heteroatoms. The first-order chi connectivity index (χ1) is 8.02. The molecule has 1 aromatic carbocycles. The molecule has 1 nitrogen and oxygen atoms in total. The molecule has 1 N–H and O–H groups in total. The number of hydrogen-bond donors (Lipinski definition) is 1. The summed E-state index contributed by atoms with van der Waals surface area (Å²) in [4.78, 5) is 0. The predicted molar refractivity (Wildman–Crippen MR) is 79.6 cm³/mol. The molecule has 1 rings (SSSR count). The minimum Gasteiger partial charge on any atom is -0.310 e. The SMILES string of the molecule is C=C(C)CC(NCCC)c1cc(Cl)cc(Br)c1. The molecule has 0 aliphatic carbocycles. The second-order valence-electron chi connectivity index (χ2n) is 4.37. The molecular formula is C14H19BrClN. The van der Waals surface area contributed by atoms with E-state index in [0.29, 0.717) is 6.04 Å². The average molecular weight is 317 g/mol. The molecule has 0 aliphatic rings. The van der Waals surface area contributed by atoms with Gasteiger partial charge in [0.2, 0.25) is 0 Å². The van der Waals surface area contributed by atoms with Crippen LogP contribution in [0.15, 0.2) is 34.8 Å². The van der Waals surface area contributed by atoms with E-state index >= 15 is 0 Å². The topological polar surface area (TPSA) is 12.0 Å². The number of nitrogens with one attached hydrogen (secondary N) is 1. The van der Waals surface area contributed by atoms with Crippen LogP contribution in [0.25, 0.3) is 0 Å². The summed E-state index contributed by atoms with van der Waals surface area (Å²) in [6.07, 6.45) is 2.06. The third kappa shape index (κ3) is 5.24. The smallest absolute Gasteiger partial charge is 0.0420 e. The van der Waals surface area contributed by atoms with Crippen molar-refractivity contribution in [2.24, 2.45) is 0 Å². The molecule has 1 aromatic rings. The van der Waals surface area contributed by atoms with Crippen LogP contribution in [-0.2, 0) is 0 Å². The molecule has 1 atom stereocenters. The van der Waals surface area contributed by atoms with Crippen molar-refractivity contribution in [1.29, 1.82) is 0 Å². The van der Waals surface area contributed by atoms with E-state index < -0.39 is 0 Å². The van der Waals surface area contributed by atoms with Crippen molar-refractivity contribution >= 4 is 27.5 Å². The molecule has 0 heterocycles. The van der Waals surface area contributed by atoms with E-state index in [-0.39, 0.29) is 0 Å². The summed E-state index contributed by atoms with van der Waals surface area (Å²) in [5.74, 6) is 0. The Morgan fingerprint density at radius 2 is 2.18 bits per heavy atom. The monoisotopic (exact) mass is 315 g/mol. The first-order valence-electron chi connectivity index (χ1n) is 5.86. The van der Waals surface area contributed by atoms with Crippen LogP contribution in [0.5, 0.6) is 0 Å². The Kier molecular flexibility index (Phi) is 6.24. The fourth-order valence-electron chi connectivity index (χ4n) is 1.75. The molecule has 94 valence electrons. The Morgan fingerprint density at radius 1 is 1.47 bits per heavy atom. The third-order valence-corrected chi connectivity index (χ3v) is 3.16. The van der Waals surface area contributed by atoms with E-state index in [1.807, 2.05) is 12.1 Å². The van der Waals surface area contributed by atoms with Gasteiger partial charge in [-0.15, -0.1) is 6.58 Å². The summed E-state index contributed by atoms with van der Waals surface area (Å²) < 4.78 is 1.02. The van der Waals surface area contributed by atoms with Crippen LogP contribution in [0.4, 0.5) is 0 Å². The molecule has 0 amide bonds. The van der Waals surface area contributed by atoms with Crippen LogP contribution in [0.3, 0.4) is 0 Å². The summed E-state index contributed by atoms with van der Waals surface area (Å²) in [6, 6.07) is 6.33. The van der Waals surface area contributed by atoms with Crippen LogP contribution in [0.2, 0.25) is 5.02 Å². The second-order valence-corrected chi connectivity index (χ2v) is 5.72. The minimum atomic E-state index is 0.294. The van der Waals surface area contributed by atoms with E-state index in [0.717, 1.165) is 28.9 Å². The highest BCUT2D eigenvalue weighted by atomic mass is 79.9. The van der Waals surface area contributed by atoms with E-state index in [4.69, 9.17) is 11.6 Å². The maximum atomic E-state index is 6.08. The molecule has 0 aliphatic heterocycles. The number of rotatable bonds is 6. The van der Waals surface area contributed by atoms with Crippen molar-refractivity contribution in [3.8, 4) is 0 Å². The van der Waals surface area contributed by atoms with Crippen LogP contribution in [-0.4, -0.2) is 6.54 Å². The summed E-state index contributed by atoms with van der Waals surface area (Å²) in [6.45, 7) is 9.21. The lowest BCUT2D eigenvalue weighted by Crippen LogP contribution is -2.22. The van der Waals surface area contributed by atoms with Gasteiger partial charge < -0.3 is 5.32 Å². The second kappa shape index (κ2) is 7.20. The highest BCUT2D eigenvalue weighted by Crippen LogP contribution is 2.27. The minimum absolute atomic E-state index is 0.294. The molecule has 0 fully saturated rings. The molecule has 0 saturated heterocycles. The quantitative estimate of drug-likeness (QED) is 0.719. The zero-order valence-electron chi connectivity index (χ0n) is 10.4. The van der Waals surface area contributed by atoms with Crippen LogP contribution in [0.1, 0.15) is 38.3 Å². The lowest BCUT2D eigenvalue weighted by atomic mass is 10.0. The van der Waals surface area contributed by atoms with Crippen molar-refractivity contribution in [2.75, 3.05) is 6.54 Å². The van der Waals surface area contributed by atoms with Crippen LogP contribution in [0, 0.1) is 0 Å².